The van der Waals surface area contributed by atoms with Gasteiger partial charge < -0.3 is 10.1 Å². The van der Waals surface area contributed by atoms with Gasteiger partial charge in [0.1, 0.15) is 10.8 Å². The summed E-state index contributed by atoms with van der Waals surface area (Å²) in [5.41, 5.74) is 3.41. The van der Waals surface area contributed by atoms with Crippen molar-refractivity contribution in [2.24, 2.45) is 0 Å². The summed E-state index contributed by atoms with van der Waals surface area (Å²) in [5, 5.41) is 6.33. The Morgan fingerprint density at radius 2 is 2.16 bits per heavy atom. The molecule has 0 aliphatic rings. The summed E-state index contributed by atoms with van der Waals surface area (Å²) in [7, 11) is 1.93. The second-order valence-electron chi connectivity index (χ2n) is 4.27. The van der Waals surface area contributed by atoms with Crippen molar-refractivity contribution in [1.29, 1.82) is 0 Å². The second kappa shape index (κ2) is 6.68. The van der Waals surface area contributed by atoms with Crippen LogP contribution in [0.4, 0.5) is 0 Å². The Bertz CT molecular complexity index is 537. The molecule has 0 spiro atoms. The van der Waals surface area contributed by atoms with E-state index in [0.717, 1.165) is 35.0 Å². The molecule has 4 heteroatoms. The molecule has 3 nitrogen and oxygen atoms in total. The fourth-order valence-electron chi connectivity index (χ4n) is 1.95. The van der Waals surface area contributed by atoms with E-state index in [2.05, 4.69) is 40.8 Å². The standard InChI is InChI=1S/C15H20N2OS/c1-4-11-6-7-14(18-5-2)12(8-11)13-10-19-15(17-13)9-16-3/h6-8,10,16H,4-5,9H2,1-3H3. The van der Waals surface area contributed by atoms with Crippen LogP contribution in [-0.4, -0.2) is 18.6 Å². The van der Waals surface area contributed by atoms with Gasteiger partial charge in [-0.25, -0.2) is 4.98 Å². The predicted molar refractivity (Wildman–Crippen MR) is 80.9 cm³/mol. The Morgan fingerprint density at radius 1 is 1.32 bits per heavy atom. The number of benzene rings is 1. The zero-order valence-electron chi connectivity index (χ0n) is 11.7. The molecule has 1 aromatic carbocycles. The molecule has 1 aromatic heterocycles. The minimum Gasteiger partial charge on any atom is -0.493 e. The van der Waals surface area contributed by atoms with Crippen molar-refractivity contribution in [1.82, 2.24) is 10.3 Å². The number of hydrogen-bond acceptors (Lipinski definition) is 4. The Kier molecular flexibility index (Phi) is 4.93. The largest absolute Gasteiger partial charge is 0.493 e. The molecule has 19 heavy (non-hydrogen) atoms. The Morgan fingerprint density at radius 3 is 2.84 bits per heavy atom. The average Bonchev–Trinajstić information content (AvgIpc) is 2.88. The summed E-state index contributed by atoms with van der Waals surface area (Å²) >= 11 is 1.68. The van der Waals surface area contributed by atoms with E-state index < -0.39 is 0 Å². The highest BCUT2D eigenvalue weighted by molar-refractivity contribution is 7.09. The minimum absolute atomic E-state index is 0.673. The number of hydrogen-bond donors (Lipinski definition) is 1. The summed E-state index contributed by atoms with van der Waals surface area (Å²) in [6.07, 6.45) is 1.02. The molecule has 0 unspecified atom stereocenters. The van der Waals surface area contributed by atoms with E-state index in [1.807, 2.05) is 14.0 Å². The maximum atomic E-state index is 5.71. The van der Waals surface area contributed by atoms with Crippen LogP contribution in [0.3, 0.4) is 0 Å². The lowest BCUT2D eigenvalue weighted by Crippen LogP contribution is -2.04. The van der Waals surface area contributed by atoms with Crippen molar-refractivity contribution < 1.29 is 4.74 Å². The molecule has 0 aliphatic heterocycles. The third kappa shape index (κ3) is 3.33. The molecule has 0 atom stereocenters. The fourth-order valence-corrected chi connectivity index (χ4v) is 2.75. The molecular weight excluding hydrogens is 256 g/mol. The van der Waals surface area contributed by atoms with Crippen molar-refractivity contribution in [2.75, 3.05) is 13.7 Å². The van der Waals surface area contributed by atoms with Crippen molar-refractivity contribution >= 4 is 11.3 Å². The molecule has 0 aliphatic carbocycles. The summed E-state index contributed by atoms with van der Waals surface area (Å²) in [4.78, 5) is 4.66. The van der Waals surface area contributed by atoms with E-state index >= 15 is 0 Å². The molecule has 1 N–H and O–H groups in total. The lowest BCUT2D eigenvalue weighted by Gasteiger charge is -2.10. The van der Waals surface area contributed by atoms with Gasteiger partial charge in [-0.15, -0.1) is 11.3 Å². The van der Waals surface area contributed by atoms with E-state index in [9.17, 15) is 0 Å². The molecule has 0 fully saturated rings. The highest BCUT2D eigenvalue weighted by Gasteiger charge is 2.11. The fraction of sp³-hybridized carbons (Fsp3) is 0.400. The molecule has 2 aromatic rings. The van der Waals surface area contributed by atoms with Crippen molar-refractivity contribution in [3.63, 3.8) is 0 Å². The second-order valence-corrected chi connectivity index (χ2v) is 5.22. The van der Waals surface area contributed by atoms with Crippen LogP contribution in [0.25, 0.3) is 11.3 Å². The average molecular weight is 276 g/mol. The number of rotatable bonds is 6. The quantitative estimate of drug-likeness (QED) is 0.877. The predicted octanol–water partition coefficient (Wildman–Crippen LogP) is 3.49. The van der Waals surface area contributed by atoms with E-state index in [1.165, 1.54) is 5.56 Å². The molecule has 0 bridgehead atoms. The van der Waals surface area contributed by atoms with Crippen LogP contribution in [-0.2, 0) is 13.0 Å². The SMILES string of the molecule is CCOc1ccc(CC)cc1-c1csc(CNC)n1. The number of aromatic nitrogens is 1. The lowest BCUT2D eigenvalue weighted by atomic mass is 10.1. The summed E-state index contributed by atoms with van der Waals surface area (Å²) < 4.78 is 5.71. The van der Waals surface area contributed by atoms with E-state index in [1.54, 1.807) is 11.3 Å². The van der Waals surface area contributed by atoms with Crippen LogP contribution in [0.1, 0.15) is 24.4 Å². The monoisotopic (exact) mass is 276 g/mol. The van der Waals surface area contributed by atoms with Gasteiger partial charge in [-0.2, -0.15) is 0 Å². The molecule has 2 rings (SSSR count). The molecule has 1 heterocycles. The molecule has 0 radical (unpaired) electrons. The van der Waals surface area contributed by atoms with Crippen LogP contribution < -0.4 is 10.1 Å². The molecule has 102 valence electrons. The zero-order valence-corrected chi connectivity index (χ0v) is 12.5. The first-order valence-electron chi connectivity index (χ1n) is 6.63. The van der Waals surface area contributed by atoms with Gasteiger partial charge in [0.25, 0.3) is 0 Å². The Balaban J connectivity index is 2.38. The van der Waals surface area contributed by atoms with Crippen molar-refractivity contribution in [2.45, 2.75) is 26.8 Å². The van der Waals surface area contributed by atoms with Crippen molar-refractivity contribution in [3.8, 4) is 17.0 Å². The van der Waals surface area contributed by atoms with Gasteiger partial charge in [0, 0.05) is 17.5 Å². The maximum Gasteiger partial charge on any atom is 0.128 e. The summed E-state index contributed by atoms with van der Waals surface area (Å²) in [6, 6.07) is 6.35. The van der Waals surface area contributed by atoms with Gasteiger partial charge in [0.05, 0.1) is 12.3 Å². The smallest absolute Gasteiger partial charge is 0.128 e. The molecule has 0 amide bonds. The molecule has 0 saturated heterocycles. The first-order chi connectivity index (χ1) is 9.28. The number of nitrogens with one attached hydrogen (secondary N) is 1. The Labute approximate surface area is 118 Å². The molecule has 0 saturated carbocycles. The summed E-state index contributed by atoms with van der Waals surface area (Å²) in [6.45, 7) is 5.64. The zero-order chi connectivity index (χ0) is 13.7. The number of ether oxygens (including phenoxy) is 1. The third-order valence-electron chi connectivity index (χ3n) is 2.91. The van der Waals surface area contributed by atoms with Gasteiger partial charge in [0.2, 0.25) is 0 Å². The van der Waals surface area contributed by atoms with Gasteiger partial charge in [-0.3, -0.25) is 0 Å². The van der Waals surface area contributed by atoms with Gasteiger partial charge in [0.15, 0.2) is 0 Å². The van der Waals surface area contributed by atoms with Crippen molar-refractivity contribution in [3.05, 3.63) is 34.2 Å². The first-order valence-corrected chi connectivity index (χ1v) is 7.51. The minimum atomic E-state index is 0.673. The third-order valence-corrected chi connectivity index (χ3v) is 3.76. The highest BCUT2D eigenvalue weighted by atomic mass is 32.1. The first kappa shape index (κ1) is 14.0. The normalized spacial score (nSPS) is 10.7. The Hall–Kier alpha value is -1.39. The van der Waals surface area contributed by atoms with Gasteiger partial charge >= 0.3 is 0 Å². The van der Waals surface area contributed by atoms with Crippen LogP contribution >= 0.6 is 11.3 Å². The lowest BCUT2D eigenvalue weighted by molar-refractivity contribution is 0.341. The topological polar surface area (TPSA) is 34.1 Å². The van der Waals surface area contributed by atoms with Gasteiger partial charge in [-0.05, 0) is 38.1 Å². The van der Waals surface area contributed by atoms with E-state index in [0.29, 0.717) is 6.61 Å². The number of nitrogens with zero attached hydrogens (tertiary/aromatic N) is 1. The number of aryl methyl sites for hydroxylation is 1. The maximum absolute atomic E-state index is 5.71. The van der Waals surface area contributed by atoms with Crippen LogP contribution in [0.2, 0.25) is 0 Å². The van der Waals surface area contributed by atoms with Crippen LogP contribution in [0.5, 0.6) is 5.75 Å². The van der Waals surface area contributed by atoms with Crippen LogP contribution in [0.15, 0.2) is 23.6 Å². The van der Waals surface area contributed by atoms with Gasteiger partial charge in [-0.1, -0.05) is 13.0 Å². The van der Waals surface area contributed by atoms with E-state index in [-0.39, 0.29) is 0 Å². The van der Waals surface area contributed by atoms with E-state index in [4.69, 9.17) is 4.74 Å². The highest BCUT2D eigenvalue weighted by Crippen LogP contribution is 2.32. The summed E-state index contributed by atoms with van der Waals surface area (Å²) in [5.74, 6) is 0.918. The van der Waals surface area contributed by atoms with Crippen LogP contribution in [0, 0.1) is 0 Å². The number of thiazole rings is 1. The molecular formula is C15H20N2OS.